The molecule has 0 aliphatic rings. The molecule has 2 rings (SSSR count). The predicted octanol–water partition coefficient (Wildman–Crippen LogP) is 3.34. The zero-order valence-electron chi connectivity index (χ0n) is 11.0. The lowest BCUT2D eigenvalue weighted by Gasteiger charge is -2.01. The van der Waals surface area contributed by atoms with Gasteiger partial charge in [0.05, 0.1) is 12.2 Å². The third kappa shape index (κ3) is 4.59. The van der Waals surface area contributed by atoms with Crippen molar-refractivity contribution in [3.63, 3.8) is 0 Å². The van der Waals surface area contributed by atoms with E-state index in [1.165, 1.54) is 11.8 Å². The fraction of sp³-hybridized carbons (Fsp3) is 0.308. The quantitative estimate of drug-likeness (QED) is 0.792. The average molecular weight is 316 g/mol. The molecule has 1 heterocycles. The first-order valence-electron chi connectivity index (χ1n) is 5.95. The molecule has 1 aromatic carbocycles. The minimum atomic E-state index is -4.88. The summed E-state index contributed by atoms with van der Waals surface area (Å²) in [5.41, 5.74) is 1.10. The number of alkyl halides is 3. The number of benzene rings is 1. The average Bonchev–Trinajstić information content (AvgIpc) is 2.83. The number of carbonyl (C=O) groups is 1. The van der Waals surface area contributed by atoms with Gasteiger partial charge < -0.3 is 4.52 Å². The Morgan fingerprint density at radius 1 is 1.38 bits per heavy atom. The summed E-state index contributed by atoms with van der Waals surface area (Å²) in [6, 6.07) is 7.74. The van der Waals surface area contributed by atoms with E-state index in [0.29, 0.717) is 5.75 Å². The van der Waals surface area contributed by atoms with E-state index in [2.05, 4.69) is 14.7 Å². The van der Waals surface area contributed by atoms with E-state index in [9.17, 15) is 18.0 Å². The van der Waals surface area contributed by atoms with Crippen molar-refractivity contribution in [2.75, 3.05) is 0 Å². The van der Waals surface area contributed by atoms with Crippen LogP contribution in [-0.2, 0) is 17.0 Å². The predicted molar refractivity (Wildman–Crippen MR) is 69.8 cm³/mol. The van der Waals surface area contributed by atoms with Gasteiger partial charge in [0.25, 0.3) is 0 Å². The summed E-state index contributed by atoms with van der Waals surface area (Å²) < 4.78 is 41.0. The third-order valence-corrected chi connectivity index (χ3v) is 3.49. The summed E-state index contributed by atoms with van der Waals surface area (Å²) in [4.78, 5) is 15.6. The molecule has 0 unspecified atom stereocenters. The van der Waals surface area contributed by atoms with E-state index >= 15 is 0 Å². The maximum absolute atomic E-state index is 12.1. The molecule has 8 heteroatoms. The van der Waals surface area contributed by atoms with Crippen LogP contribution in [0.5, 0.6) is 0 Å². The molecule has 0 spiro atoms. The van der Waals surface area contributed by atoms with Gasteiger partial charge in [-0.1, -0.05) is 22.9 Å². The van der Waals surface area contributed by atoms with Gasteiger partial charge in [0.1, 0.15) is 0 Å². The Labute approximate surface area is 122 Å². The van der Waals surface area contributed by atoms with Gasteiger partial charge in [-0.15, -0.1) is 11.8 Å². The van der Waals surface area contributed by atoms with E-state index in [1.807, 2.05) is 31.2 Å². The number of ketones is 1. The highest BCUT2D eigenvalue weighted by atomic mass is 32.2. The van der Waals surface area contributed by atoms with Gasteiger partial charge in [-0.05, 0) is 19.1 Å². The van der Waals surface area contributed by atoms with Crippen LogP contribution in [0.1, 0.15) is 17.3 Å². The highest BCUT2D eigenvalue weighted by Crippen LogP contribution is 2.23. The second-order valence-corrected chi connectivity index (χ2v) is 5.36. The van der Waals surface area contributed by atoms with Crippen molar-refractivity contribution in [2.45, 2.75) is 30.2 Å². The first-order valence-corrected chi connectivity index (χ1v) is 6.94. The van der Waals surface area contributed by atoms with Crippen LogP contribution in [0.3, 0.4) is 0 Å². The number of rotatable bonds is 5. The molecule has 0 aliphatic heterocycles. The van der Waals surface area contributed by atoms with Crippen molar-refractivity contribution < 1.29 is 22.5 Å². The van der Waals surface area contributed by atoms with E-state index in [0.717, 1.165) is 10.5 Å². The standard InChI is InChI=1S/C13H11F3N2O2S/c1-8-3-2-4-9(5-8)21-7-11-17-12(20-18-11)6-10(19)13(14,15)16/h2-5H,6-7H2,1H3. The Kier molecular flexibility index (Phi) is 4.66. The minimum Gasteiger partial charge on any atom is -0.339 e. The topological polar surface area (TPSA) is 56.0 Å². The number of thioether (sulfide) groups is 1. The van der Waals surface area contributed by atoms with Crippen molar-refractivity contribution in [3.8, 4) is 0 Å². The van der Waals surface area contributed by atoms with Gasteiger partial charge in [0.2, 0.25) is 11.7 Å². The molecule has 0 amide bonds. The van der Waals surface area contributed by atoms with Crippen LogP contribution < -0.4 is 0 Å². The maximum atomic E-state index is 12.1. The Balaban J connectivity index is 1.93. The number of hydrogen-bond donors (Lipinski definition) is 0. The van der Waals surface area contributed by atoms with Gasteiger partial charge in [0, 0.05) is 4.90 Å². The zero-order chi connectivity index (χ0) is 15.5. The lowest BCUT2D eigenvalue weighted by atomic mass is 10.2. The van der Waals surface area contributed by atoms with E-state index in [-0.39, 0.29) is 11.7 Å². The van der Waals surface area contributed by atoms with Gasteiger partial charge in [-0.3, -0.25) is 4.79 Å². The maximum Gasteiger partial charge on any atom is 0.450 e. The lowest BCUT2D eigenvalue weighted by molar-refractivity contribution is -0.170. The second-order valence-electron chi connectivity index (χ2n) is 4.31. The van der Waals surface area contributed by atoms with Crippen molar-refractivity contribution in [2.24, 2.45) is 0 Å². The molecule has 0 saturated heterocycles. The SMILES string of the molecule is Cc1cccc(SCc2noc(CC(=O)C(F)(F)F)n2)c1. The highest BCUT2D eigenvalue weighted by molar-refractivity contribution is 7.98. The molecule has 0 atom stereocenters. The van der Waals surface area contributed by atoms with Crippen LogP contribution >= 0.6 is 11.8 Å². The summed E-state index contributed by atoms with van der Waals surface area (Å²) >= 11 is 1.43. The van der Waals surface area contributed by atoms with Gasteiger partial charge in [-0.25, -0.2) is 0 Å². The molecular formula is C13H11F3N2O2S. The van der Waals surface area contributed by atoms with Crippen molar-refractivity contribution >= 4 is 17.5 Å². The van der Waals surface area contributed by atoms with E-state index < -0.39 is 18.4 Å². The molecular weight excluding hydrogens is 305 g/mol. The number of nitrogens with zero attached hydrogens (tertiary/aromatic N) is 2. The second kappa shape index (κ2) is 6.30. The smallest absolute Gasteiger partial charge is 0.339 e. The number of hydrogen-bond acceptors (Lipinski definition) is 5. The monoisotopic (exact) mass is 316 g/mol. The Morgan fingerprint density at radius 3 is 2.81 bits per heavy atom. The number of aryl methyl sites for hydroxylation is 1. The molecule has 1 aromatic heterocycles. The lowest BCUT2D eigenvalue weighted by Crippen LogP contribution is -2.24. The first-order chi connectivity index (χ1) is 9.84. The molecule has 0 radical (unpaired) electrons. The molecule has 0 bridgehead atoms. The van der Waals surface area contributed by atoms with Crippen LogP contribution in [0, 0.1) is 6.92 Å². The molecule has 4 nitrogen and oxygen atoms in total. The van der Waals surface area contributed by atoms with Crippen molar-refractivity contribution in [1.82, 2.24) is 10.1 Å². The number of halogens is 3. The third-order valence-electron chi connectivity index (χ3n) is 2.50. The van der Waals surface area contributed by atoms with Crippen LogP contribution in [-0.4, -0.2) is 22.1 Å². The van der Waals surface area contributed by atoms with Gasteiger partial charge in [0.15, 0.2) is 5.82 Å². The number of carbonyl (C=O) groups excluding carboxylic acids is 1. The minimum absolute atomic E-state index is 0.256. The van der Waals surface area contributed by atoms with E-state index in [1.54, 1.807) is 0 Å². The molecule has 0 N–H and O–H groups in total. The fourth-order valence-corrected chi connectivity index (χ4v) is 2.37. The summed E-state index contributed by atoms with van der Waals surface area (Å²) in [6.07, 6.45) is -5.81. The van der Waals surface area contributed by atoms with Crippen LogP contribution in [0.4, 0.5) is 13.2 Å². The Morgan fingerprint density at radius 2 is 2.14 bits per heavy atom. The molecule has 2 aromatic rings. The van der Waals surface area contributed by atoms with Gasteiger partial charge in [-0.2, -0.15) is 18.2 Å². The first kappa shape index (κ1) is 15.6. The molecule has 112 valence electrons. The largest absolute Gasteiger partial charge is 0.450 e. The van der Waals surface area contributed by atoms with Crippen LogP contribution in [0.25, 0.3) is 0 Å². The summed E-state index contributed by atoms with van der Waals surface area (Å²) in [7, 11) is 0. The van der Waals surface area contributed by atoms with Crippen molar-refractivity contribution in [3.05, 3.63) is 41.5 Å². The normalized spacial score (nSPS) is 11.6. The zero-order valence-corrected chi connectivity index (χ0v) is 11.8. The molecule has 0 fully saturated rings. The Bertz CT molecular complexity index is 640. The van der Waals surface area contributed by atoms with Crippen molar-refractivity contribution in [1.29, 1.82) is 0 Å². The summed E-state index contributed by atoms with van der Waals surface area (Å²) in [6.45, 7) is 1.96. The Hall–Kier alpha value is -1.83. The van der Waals surface area contributed by atoms with Gasteiger partial charge >= 0.3 is 6.18 Å². The summed E-state index contributed by atoms with van der Waals surface area (Å²) in [5.74, 6) is -1.61. The number of aromatic nitrogens is 2. The van der Waals surface area contributed by atoms with Crippen LogP contribution in [0.2, 0.25) is 0 Å². The van der Waals surface area contributed by atoms with Crippen LogP contribution in [0.15, 0.2) is 33.7 Å². The van der Waals surface area contributed by atoms with E-state index in [4.69, 9.17) is 0 Å². The highest BCUT2D eigenvalue weighted by Gasteiger charge is 2.39. The molecule has 0 saturated carbocycles. The molecule has 0 aliphatic carbocycles. The fourth-order valence-electron chi connectivity index (χ4n) is 1.51. The number of Topliss-reactive ketones (excluding diaryl/α,β-unsaturated/α-hetero) is 1. The molecule has 21 heavy (non-hydrogen) atoms. The summed E-state index contributed by atoms with van der Waals surface area (Å²) in [5, 5.41) is 3.56.